The number of aromatic nitrogens is 1. The first-order chi connectivity index (χ1) is 6.70. The fraction of sp³-hybridized carbons (Fsp3) is 0. The first kappa shape index (κ1) is 9.73. The lowest BCUT2D eigenvalue weighted by atomic mass is 10.2. The average Bonchev–Trinajstić information content (AvgIpc) is 2.49. The van der Waals surface area contributed by atoms with Crippen LogP contribution < -0.4 is 5.73 Å². The summed E-state index contributed by atoms with van der Waals surface area (Å²) in [5.41, 5.74) is 6.48. The van der Waals surface area contributed by atoms with E-state index in [9.17, 15) is 0 Å². The van der Waals surface area contributed by atoms with Gasteiger partial charge in [-0.2, -0.15) is 0 Å². The van der Waals surface area contributed by atoms with E-state index < -0.39 is 0 Å². The van der Waals surface area contributed by atoms with Crippen molar-refractivity contribution in [2.45, 2.75) is 0 Å². The summed E-state index contributed by atoms with van der Waals surface area (Å²) in [4.78, 5) is 0. The minimum atomic E-state index is 0.357. The van der Waals surface area contributed by atoms with E-state index in [1.807, 2.05) is 24.3 Å². The van der Waals surface area contributed by atoms with Crippen LogP contribution in [0.15, 0.2) is 37.7 Å². The molecule has 1 heterocycles. The number of nitrogen functional groups attached to an aromatic ring is 1. The molecule has 0 fully saturated rings. The summed E-state index contributed by atoms with van der Waals surface area (Å²) in [5, 5.41) is 3.67. The molecule has 72 valence electrons. The molecule has 0 aliphatic rings. The van der Waals surface area contributed by atoms with Crippen molar-refractivity contribution in [3.05, 3.63) is 33.2 Å². The smallest absolute Gasteiger partial charge is 0.184 e. The lowest BCUT2D eigenvalue weighted by Crippen LogP contribution is -1.83. The lowest BCUT2D eigenvalue weighted by molar-refractivity contribution is 0.435. The van der Waals surface area contributed by atoms with Gasteiger partial charge in [0, 0.05) is 10.0 Å². The van der Waals surface area contributed by atoms with Gasteiger partial charge in [-0.15, -0.1) is 0 Å². The monoisotopic (exact) mass is 316 g/mol. The second-order valence-corrected chi connectivity index (χ2v) is 4.34. The van der Waals surface area contributed by atoms with Crippen LogP contribution in [-0.2, 0) is 0 Å². The van der Waals surface area contributed by atoms with Gasteiger partial charge < -0.3 is 10.3 Å². The molecule has 0 amide bonds. The van der Waals surface area contributed by atoms with Gasteiger partial charge in [0.1, 0.15) is 4.47 Å². The number of benzene rings is 1. The molecule has 0 radical (unpaired) electrons. The van der Waals surface area contributed by atoms with Crippen LogP contribution in [0.3, 0.4) is 0 Å². The zero-order valence-corrected chi connectivity index (χ0v) is 10.2. The zero-order chi connectivity index (χ0) is 10.1. The largest absolute Gasteiger partial charge is 0.380 e. The molecule has 0 bridgehead atoms. The van der Waals surface area contributed by atoms with E-state index in [1.54, 1.807) is 0 Å². The minimum Gasteiger partial charge on any atom is -0.380 e. The number of anilines is 1. The van der Waals surface area contributed by atoms with E-state index in [0.29, 0.717) is 16.1 Å². The van der Waals surface area contributed by atoms with Crippen molar-refractivity contribution in [1.82, 2.24) is 5.16 Å². The molecular weight excluding hydrogens is 312 g/mol. The van der Waals surface area contributed by atoms with Gasteiger partial charge in [-0.25, -0.2) is 0 Å². The van der Waals surface area contributed by atoms with Crippen LogP contribution in [0.5, 0.6) is 0 Å². The van der Waals surface area contributed by atoms with Crippen LogP contribution in [0.25, 0.3) is 11.3 Å². The molecule has 5 heteroatoms. The normalized spacial score (nSPS) is 10.4. The summed E-state index contributed by atoms with van der Waals surface area (Å²) in [5.74, 6) is 0.991. The first-order valence-corrected chi connectivity index (χ1v) is 5.44. The molecule has 2 rings (SSSR count). The van der Waals surface area contributed by atoms with Gasteiger partial charge in [-0.05, 0) is 28.1 Å². The molecule has 0 atom stereocenters. The number of hydrogen-bond acceptors (Lipinski definition) is 3. The van der Waals surface area contributed by atoms with Gasteiger partial charge in [-0.3, -0.25) is 0 Å². The molecule has 0 unspecified atom stereocenters. The molecule has 1 aromatic carbocycles. The van der Waals surface area contributed by atoms with Crippen molar-refractivity contribution >= 4 is 37.7 Å². The van der Waals surface area contributed by atoms with E-state index in [1.165, 1.54) is 0 Å². The van der Waals surface area contributed by atoms with Crippen molar-refractivity contribution in [3.63, 3.8) is 0 Å². The Morgan fingerprint density at radius 2 is 1.93 bits per heavy atom. The summed E-state index contributed by atoms with van der Waals surface area (Å²) in [6, 6.07) is 7.71. The van der Waals surface area contributed by atoms with Crippen molar-refractivity contribution in [2.75, 3.05) is 5.73 Å². The van der Waals surface area contributed by atoms with E-state index in [-0.39, 0.29) is 0 Å². The van der Waals surface area contributed by atoms with Gasteiger partial charge in [0.25, 0.3) is 0 Å². The van der Waals surface area contributed by atoms with Crippen LogP contribution in [0.4, 0.5) is 5.82 Å². The van der Waals surface area contributed by atoms with E-state index >= 15 is 0 Å². The van der Waals surface area contributed by atoms with E-state index in [0.717, 1.165) is 10.0 Å². The summed E-state index contributed by atoms with van der Waals surface area (Å²) < 4.78 is 6.74. The maximum Gasteiger partial charge on any atom is 0.184 e. The Balaban J connectivity index is 2.60. The van der Waals surface area contributed by atoms with Gasteiger partial charge in [0.05, 0.1) is 0 Å². The Kier molecular flexibility index (Phi) is 2.60. The summed E-state index contributed by atoms with van der Waals surface area (Å²) >= 11 is 6.75. The maximum absolute atomic E-state index is 5.56. The van der Waals surface area contributed by atoms with Crippen LogP contribution >= 0.6 is 31.9 Å². The van der Waals surface area contributed by atoms with E-state index in [2.05, 4.69) is 37.0 Å². The topological polar surface area (TPSA) is 52.0 Å². The van der Waals surface area contributed by atoms with Crippen molar-refractivity contribution in [2.24, 2.45) is 0 Å². The minimum absolute atomic E-state index is 0.357. The number of nitrogens with zero attached hydrogens (tertiary/aromatic N) is 1. The highest BCUT2D eigenvalue weighted by Crippen LogP contribution is 2.36. The Labute approximate surface area is 97.5 Å². The second-order valence-electron chi connectivity index (χ2n) is 2.69. The van der Waals surface area contributed by atoms with E-state index in [4.69, 9.17) is 10.3 Å². The third-order valence-corrected chi connectivity index (χ3v) is 3.24. The molecule has 0 aliphatic carbocycles. The van der Waals surface area contributed by atoms with Crippen molar-refractivity contribution < 1.29 is 4.52 Å². The third kappa shape index (κ3) is 1.57. The highest BCUT2D eigenvalue weighted by atomic mass is 79.9. The van der Waals surface area contributed by atoms with Gasteiger partial charge in [0.2, 0.25) is 0 Å². The molecule has 0 aliphatic heterocycles. The van der Waals surface area contributed by atoms with Crippen molar-refractivity contribution in [3.8, 4) is 11.3 Å². The fourth-order valence-electron chi connectivity index (χ4n) is 1.10. The summed E-state index contributed by atoms with van der Waals surface area (Å²) in [6.45, 7) is 0. The lowest BCUT2D eigenvalue weighted by Gasteiger charge is -1.98. The Morgan fingerprint density at radius 3 is 2.50 bits per heavy atom. The quantitative estimate of drug-likeness (QED) is 0.876. The Morgan fingerprint density at radius 1 is 1.21 bits per heavy atom. The molecule has 0 saturated heterocycles. The Bertz CT molecular complexity index is 468. The van der Waals surface area contributed by atoms with Gasteiger partial charge >= 0.3 is 0 Å². The summed E-state index contributed by atoms with van der Waals surface area (Å²) in [7, 11) is 0. The highest BCUT2D eigenvalue weighted by Gasteiger charge is 2.14. The average molecular weight is 318 g/mol. The number of nitrogens with two attached hydrogens (primary N) is 1. The van der Waals surface area contributed by atoms with Crippen LogP contribution in [-0.4, -0.2) is 5.16 Å². The second kappa shape index (κ2) is 3.74. The molecule has 1 aromatic heterocycles. The van der Waals surface area contributed by atoms with Gasteiger partial charge in [-0.1, -0.05) is 33.2 Å². The fourth-order valence-corrected chi connectivity index (χ4v) is 1.93. The zero-order valence-electron chi connectivity index (χ0n) is 7.00. The standard InChI is InChI=1S/C9H6Br2N2O/c10-6-4-2-1-3-5(6)8-7(11)9(12)13-14-8/h1-4H,(H2,12,13). The molecule has 14 heavy (non-hydrogen) atoms. The van der Waals surface area contributed by atoms with Gasteiger partial charge in [0.15, 0.2) is 11.6 Å². The number of halogens is 2. The SMILES string of the molecule is Nc1noc(-c2ccccc2Br)c1Br. The third-order valence-electron chi connectivity index (χ3n) is 1.78. The summed E-state index contributed by atoms with van der Waals surface area (Å²) in [6.07, 6.45) is 0. The number of rotatable bonds is 1. The molecular formula is C9H6Br2N2O. The van der Waals surface area contributed by atoms with Crippen molar-refractivity contribution in [1.29, 1.82) is 0 Å². The maximum atomic E-state index is 5.56. The Hall–Kier alpha value is -0.810. The molecule has 0 spiro atoms. The predicted octanol–water partition coefficient (Wildman–Crippen LogP) is 3.45. The predicted molar refractivity (Wildman–Crippen MR) is 61.8 cm³/mol. The first-order valence-electron chi connectivity index (χ1n) is 3.85. The van der Waals surface area contributed by atoms with Crippen LogP contribution in [0.2, 0.25) is 0 Å². The molecule has 3 nitrogen and oxygen atoms in total. The molecule has 2 aromatic rings. The molecule has 0 saturated carbocycles. The number of hydrogen-bond donors (Lipinski definition) is 1. The molecule has 2 N–H and O–H groups in total. The highest BCUT2D eigenvalue weighted by molar-refractivity contribution is 9.11. The van der Waals surface area contributed by atoms with Crippen LogP contribution in [0.1, 0.15) is 0 Å². The van der Waals surface area contributed by atoms with Crippen LogP contribution in [0, 0.1) is 0 Å².